The highest BCUT2D eigenvalue weighted by Gasteiger charge is 2.34. The number of aromatic nitrogens is 2. The molecule has 1 fully saturated rings. The van der Waals surface area contributed by atoms with Gasteiger partial charge in [-0.3, -0.25) is 4.79 Å². The van der Waals surface area contributed by atoms with Gasteiger partial charge < -0.3 is 20.3 Å². The van der Waals surface area contributed by atoms with Gasteiger partial charge in [0.2, 0.25) is 5.91 Å². The van der Waals surface area contributed by atoms with Gasteiger partial charge in [-0.1, -0.05) is 0 Å². The molecule has 0 radical (unpaired) electrons. The molecule has 1 heterocycles. The lowest BCUT2D eigenvalue weighted by Gasteiger charge is -2.41. The molecule has 1 aromatic carbocycles. The Labute approximate surface area is 192 Å². The Kier molecular flexibility index (Phi) is 8.12. The van der Waals surface area contributed by atoms with E-state index in [2.05, 4.69) is 46.4 Å². The van der Waals surface area contributed by atoms with Gasteiger partial charge in [-0.05, 0) is 58.4 Å². The van der Waals surface area contributed by atoms with Gasteiger partial charge in [0.25, 0.3) is 0 Å². The molecule has 0 unspecified atom stereocenters. The molecule has 2 N–H and O–H groups in total. The number of rotatable bonds is 8. The minimum absolute atomic E-state index is 0.0185. The molecule has 10 heteroatoms. The van der Waals surface area contributed by atoms with E-state index in [1.54, 1.807) is 7.11 Å². The molecule has 0 saturated heterocycles. The maximum Gasteiger partial charge on any atom is 0.416 e. The first-order valence-corrected chi connectivity index (χ1v) is 11.2. The van der Waals surface area contributed by atoms with E-state index in [1.807, 2.05) is 0 Å². The summed E-state index contributed by atoms with van der Waals surface area (Å²) in [7, 11) is 3.78. The standard InChI is InChI=1S/C23H32F3N5O2/c1-14(2)31(3)17-6-8-19(15(9-17)12-33-4)30-21(32)11-27-22-18-10-16(23(24,25)26)5-7-20(18)28-13-29-22/h5,7,10,13-15,17,19H,6,8-9,11-12H2,1-4H3,(H,30,32)(H,27,28,29)/t15-,17+,19-/m0/s1. The molecule has 7 nitrogen and oxygen atoms in total. The Balaban J connectivity index is 1.64. The predicted octanol–water partition coefficient (Wildman–Crippen LogP) is 3.70. The monoisotopic (exact) mass is 467 g/mol. The summed E-state index contributed by atoms with van der Waals surface area (Å²) in [6, 6.07) is 4.13. The average molecular weight is 468 g/mol. The molecule has 1 aliphatic carbocycles. The minimum Gasteiger partial charge on any atom is -0.384 e. The van der Waals surface area contributed by atoms with E-state index >= 15 is 0 Å². The van der Waals surface area contributed by atoms with Gasteiger partial charge in [0, 0.05) is 36.5 Å². The number of anilines is 1. The second kappa shape index (κ2) is 10.6. The van der Waals surface area contributed by atoms with Crippen molar-refractivity contribution in [1.29, 1.82) is 0 Å². The second-order valence-corrected chi connectivity index (χ2v) is 8.92. The molecule has 1 amide bonds. The maximum atomic E-state index is 13.1. The number of hydrogen-bond acceptors (Lipinski definition) is 6. The highest BCUT2D eigenvalue weighted by Crippen LogP contribution is 2.32. The van der Waals surface area contributed by atoms with Gasteiger partial charge in [-0.25, -0.2) is 9.97 Å². The number of nitrogens with zero attached hydrogens (tertiary/aromatic N) is 3. The number of amides is 1. The lowest BCUT2D eigenvalue weighted by Crippen LogP contribution is -2.51. The Hall–Kier alpha value is -2.46. The van der Waals surface area contributed by atoms with Gasteiger partial charge in [0.05, 0.1) is 24.2 Å². The van der Waals surface area contributed by atoms with E-state index < -0.39 is 11.7 Å². The molecule has 1 aromatic heterocycles. The molecule has 2 aromatic rings. The van der Waals surface area contributed by atoms with E-state index in [0.29, 0.717) is 24.2 Å². The van der Waals surface area contributed by atoms with Gasteiger partial charge in [-0.15, -0.1) is 0 Å². The van der Waals surface area contributed by atoms with Gasteiger partial charge in [0.15, 0.2) is 0 Å². The van der Waals surface area contributed by atoms with Crippen molar-refractivity contribution in [3.05, 3.63) is 30.1 Å². The van der Waals surface area contributed by atoms with Crippen molar-refractivity contribution in [2.45, 2.75) is 57.4 Å². The summed E-state index contributed by atoms with van der Waals surface area (Å²) in [5.74, 6) is 0.139. The number of hydrogen-bond donors (Lipinski definition) is 2. The highest BCUT2D eigenvalue weighted by atomic mass is 19.4. The van der Waals surface area contributed by atoms with Crippen LogP contribution in [0.3, 0.4) is 0 Å². The second-order valence-electron chi connectivity index (χ2n) is 8.92. The summed E-state index contributed by atoms with van der Waals surface area (Å²) < 4.78 is 44.7. The van der Waals surface area contributed by atoms with Crippen molar-refractivity contribution in [3.63, 3.8) is 0 Å². The fourth-order valence-corrected chi connectivity index (χ4v) is 4.41. The van der Waals surface area contributed by atoms with Crippen LogP contribution in [0.15, 0.2) is 24.5 Å². The number of nitrogens with one attached hydrogen (secondary N) is 2. The van der Waals surface area contributed by atoms with Crippen LogP contribution in [0.1, 0.15) is 38.7 Å². The molecular weight excluding hydrogens is 435 g/mol. The molecular formula is C23H32F3N5O2. The molecule has 3 atom stereocenters. The lowest BCUT2D eigenvalue weighted by molar-refractivity contribution is -0.137. The number of carbonyl (C=O) groups is 1. The van der Waals surface area contributed by atoms with E-state index in [1.165, 1.54) is 12.4 Å². The van der Waals surface area contributed by atoms with Crippen molar-refractivity contribution in [2.24, 2.45) is 5.92 Å². The van der Waals surface area contributed by atoms with Gasteiger partial charge in [-0.2, -0.15) is 13.2 Å². The summed E-state index contributed by atoms with van der Waals surface area (Å²) in [6.45, 7) is 4.78. The number of alkyl halides is 3. The van der Waals surface area contributed by atoms with E-state index in [9.17, 15) is 18.0 Å². The van der Waals surface area contributed by atoms with Crippen molar-refractivity contribution < 1.29 is 22.7 Å². The summed E-state index contributed by atoms with van der Waals surface area (Å²) >= 11 is 0. The largest absolute Gasteiger partial charge is 0.416 e. The first-order chi connectivity index (χ1) is 15.6. The van der Waals surface area contributed by atoms with Crippen LogP contribution in [0, 0.1) is 5.92 Å². The van der Waals surface area contributed by atoms with Crippen LogP contribution in [0.5, 0.6) is 0 Å². The molecule has 1 aliphatic rings. The number of fused-ring (bicyclic) bond motifs is 1. The minimum atomic E-state index is -4.47. The van der Waals surface area contributed by atoms with Crippen LogP contribution in [-0.2, 0) is 15.7 Å². The Morgan fingerprint density at radius 2 is 2.03 bits per heavy atom. The first-order valence-electron chi connectivity index (χ1n) is 11.2. The van der Waals surface area contributed by atoms with Crippen LogP contribution in [-0.4, -0.2) is 66.2 Å². The molecule has 1 saturated carbocycles. The van der Waals surface area contributed by atoms with E-state index in [4.69, 9.17) is 4.74 Å². The Morgan fingerprint density at radius 1 is 1.27 bits per heavy atom. The zero-order valence-electron chi connectivity index (χ0n) is 19.4. The third-order valence-electron chi connectivity index (χ3n) is 6.45. The third kappa shape index (κ3) is 6.32. The number of carbonyl (C=O) groups excluding carboxylic acids is 1. The summed E-state index contributed by atoms with van der Waals surface area (Å²) in [5.41, 5.74) is -0.420. The molecule has 182 valence electrons. The lowest BCUT2D eigenvalue weighted by atomic mass is 9.81. The molecule has 0 aliphatic heterocycles. The third-order valence-corrected chi connectivity index (χ3v) is 6.45. The number of halogens is 3. The normalized spacial score (nSPS) is 21.5. The summed E-state index contributed by atoms with van der Waals surface area (Å²) in [4.78, 5) is 23.1. The number of methoxy groups -OCH3 is 1. The topological polar surface area (TPSA) is 79.4 Å². The highest BCUT2D eigenvalue weighted by molar-refractivity contribution is 5.91. The fourth-order valence-electron chi connectivity index (χ4n) is 4.41. The molecule has 0 spiro atoms. The Morgan fingerprint density at radius 3 is 2.70 bits per heavy atom. The fraction of sp³-hybridized carbons (Fsp3) is 0.609. The van der Waals surface area contributed by atoms with E-state index in [-0.39, 0.29) is 35.6 Å². The quantitative estimate of drug-likeness (QED) is 0.616. The first kappa shape index (κ1) is 25.2. The zero-order valence-corrected chi connectivity index (χ0v) is 19.4. The van der Waals surface area contributed by atoms with Crippen molar-refractivity contribution >= 4 is 22.6 Å². The maximum absolute atomic E-state index is 13.1. The van der Waals surface area contributed by atoms with Crippen LogP contribution in [0.4, 0.5) is 19.0 Å². The summed E-state index contributed by atoms with van der Waals surface area (Å²) in [5, 5.41) is 6.16. The summed E-state index contributed by atoms with van der Waals surface area (Å²) in [6.07, 6.45) is -0.469. The van der Waals surface area contributed by atoms with Gasteiger partial charge in [0.1, 0.15) is 12.1 Å². The van der Waals surface area contributed by atoms with E-state index in [0.717, 1.165) is 31.4 Å². The Bertz CT molecular complexity index is 953. The van der Waals surface area contributed by atoms with Crippen molar-refractivity contribution in [2.75, 3.05) is 32.6 Å². The molecule has 33 heavy (non-hydrogen) atoms. The zero-order chi connectivity index (χ0) is 24.2. The van der Waals surface area contributed by atoms with Crippen molar-refractivity contribution in [3.8, 4) is 0 Å². The molecule has 0 bridgehead atoms. The number of benzene rings is 1. The number of ether oxygens (including phenoxy) is 1. The molecule has 3 rings (SSSR count). The van der Waals surface area contributed by atoms with Gasteiger partial charge >= 0.3 is 6.18 Å². The van der Waals surface area contributed by atoms with Crippen molar-refractivity contribution in [1.82, 2.24) is 20.2 Å². The van der Waals surface area contributed by atoms with Crippen LogP contribution in [0.25, 0.3) is 10.9 Å². The van der Waals surface area contributed by atoms with Crippen LogP contribution in [0.2, 0.25) is 0 Å². The predicted molar refractivity (Wildman–Crippen MR) is 121 cm³/mol. The van der Waals surface area contributed by atoms with Crippen LogP contribution < -0.4 is 10.6 Å². The smallest absolute Gasteiger partial charge is 0.384 e. The average Bonchev–Trinajstić information content (AvgIpc) is 2.77. The SMILES string of the molecule is COC[C@@H]1C[C@H](N(C)C(C)C)CC[C@@H]1NC(=O)CNc1ncnc2ccc(C(F)(F)F)cc12. The van der Waals surface area contributed by atoms with Crippen LogP contribution >= 0.6 is 0 Å².